The number of aliphatic hydroxyl groups is 1. The molecule has 0 bridgehead atoms. The van der Waals surface area contributed by atoms with E-state index >= 15 is 0 Å². The number of benzene rings is 1. The van der Waals surface area contributed by atoms with E-state index in [-0.39, 0.29) is 44.0 Å². The number of carbonyl (C=O) groups is 1. The summed E-state index contributed by atoms with van der Waals surface area (Å²) in [6.45, 7) is 1.83. The molecule has 3 saturated heterocycles. The van der Waals surface area contributed by atoms with E-state index in [0.29, 0.717) is 32.4 Å². The Morgan fingerprint density at radius 2 is 1.84 bits per heavy atom. The lowest BCUT2D eigenvalue weighted by molar-refractivity contribution is -0.156. The van der Waals surface area contributed by atoms with Gasteiger partial charge in [-0.05, 0) is 31.2 Å². The standard InChI is InChI=1S/C22H30N4O5S/c23-12-18-13-25(14-18)32(29,30)24-10-4-8-19(15-24)21(27)26-11-5-9-20(26)22(28)31-16-17-6-2-1-3-7-17/h1-3,6-7,18-21,27H,4-5,8-11,13-16H2/t19-,20+,21?/m0/s1. The van der Waals surface area contributed by atoms with Crippen molar-refractivity contribution in [1.82, 2.24) is 13.5 Å². The number of esters is 1. The maximum absolute atomic E-state index is 12.9. The van der Waals surface area contributed by atoms with Crippen LogP contribution in [0.5, 0.6) is 0 Å². The minimum absolute atomic E-state index is 0.190. The first-order valence-corrected chi connectivity index (χ1v) is 12.6. The maximum Gasteiger partial charge on any atom is 0.323 e. The van der Waals surface area contributed by atoms with E-state index in [1.165, 1.54) is 8.61 Å². The number of ether oxygens (including phenoxy) is 1. The van der Waals surface area contributed by atoms with Crippen LogP contribution >= 0.6 is 0 Å². The Morgan fingerprint density at radius 3 is 2.56 bits per heavy atom. The molecule has 0 aromatic heterocycles. The predicted octanol–water partition coefficient (Wildman–Crippen LogP) is 0.925. The molecule has 3 aliphatic rings. The normalized spacial score (nSPS) is 26.9. The average Bonchev–Trinajstić information content (AvgIpc) is 3.27. The van der Waals surface area contributed by atoms with Gasteiger partial charge in [0, 0.05) is 38.6 Å². The summed E-state index contributed by atoms with van der Waals surface area (Å²) >= 11 is 0. The monoisotopic (exact) mass is 462 g/mol. The third-order valence-corrected chi connectivity index (χ3v) is 8.59. The Hall–Kier alpha value is -2.03. The van der Waals surface area contributed by atoms with Crippen LogP contribution in [0.1, 0.15) is 31.2 Å². The van der Waals surface area contributed by atoms with Crippen molar-refractivity contribution >= 4 is 16.2 Å². The fourth-order valence-electron chi connectivity index (χ4n) is 4.75. The molecule has 1 aromatic rings. The number of hydrogen-bond donors (Lipinski definition) is 1. The molecule has 0 aliphatic carbocycles. The molecule has 0 spiro atoms. The molecule has 9 nitrogen and oxygen atoms in total. The van der Waals surface area contributed by atoms with Gasteiger partial charge in [-0.25, -0.2) is 0 Å². The Kier molecular flexibility index (Phi) is 7.12. The van der Waals surface area contributed by atoms with Crippen LogP contribution in [0.25, 0.3) is 0 Å². The van der Waals surface area contributed by atoms with Crippen molar-refractivity contribution < 1.29 is 23.1 Å². The van der Waals surface area contributed by atoms with Crippen molar-refractivity contribution in [3.63, 3.8) is 0 Å². The molecule has 0 radical (unpaired) electrons. The summed E-state index contributed by atoms with van der Waals surface area (Å²) < 4.78 is 34.0. The summed E-state index contributed by atoms with van der Waals surface area (Å²) in [7, 11) is -3.63. The molecule has 3 fully saturated rings. The van der Waals surface area contributed by atoms with Gasteiger partial charge in [0.25, 0.3) is 10.2 Å². The molecular weight excluding hydrogens is 432 g/mol. The van der Waals surface area contributed by atoms with Crippen LogP contribution in [0.2, 0.25) is 0 Å². The summed E-state index contributed by atoms with van der Waals surface area (Å²) in [6.07, 6.45) is 1.82. The Labute approximate surface area is 189 Å². The lowest BCUT2D eigenvalue weighted by Crippen LogP contribution is -2.58. The number of piperidine rings is 1. The predicted molar refractivity (Wildman–Crippen MR) is 116 cm³/mol. The molecule has 4 rings (SSSR count). The van der Waals surface area contributed by atoms with E-state index in [9.17, 15) is 18.3 Å². The van der Waals surface area contributed by atoms with E-state index < -0.39 is 22.5 Å². The largest absolute Gasteiger partial charge is 0.460 e. The molecule has 174 valence electrons. The van der Waals surface area contributed by atoms with Crippen LogP contribution in [-0.4, -0.2) is 78.0 Å². The van der Waals surface area contributed by atoms with Crippen molar-refractivity contribution in [2.75, 3.05) is 32.7 Å². The van der Waals surface area contributed by atoms with Gasteiger partial charge in [-0.3, -0.25) is 9.69 Å². The number of rotatable bonds is 7. The van der Waals surface area contributed by atoms with Crippen molar-refractivity contribution in [3.8, 4) is 6.07 Å². The smallest absolute Gasteiger partial charge is 0.323 e. The van der Waals surface area contributed by atoms with Crippen molar-refractivity contribution in [3.05, 3.63) is 35.9 Å². The topological polar surface area (TPSA) is 114 Å². The van der Waals surface area contributed by atoms with Gasteiger partial charge in [-0.15, -0.1) is 0 Å². The van der Waals surface area contributed by atoms with Gasteiger partial charge in [-0.1, -0.05) is 30.3 Å². The first kappa shape index (κ1) is 23.1. The van der Waals surface area contributed by atoms with Gasteiger partial charge in [0.15, 0.2) is 0 Å². The fraction of sp³-hybridized carbons (Fsp3) is 0.636. The number of likely N-dealkylation sites (tertiary alicyclic amines) is 1. The number of nitriles is 1. The van der Waals surface area contributed by atoms with Crippen LogP contribution in [0.4, 0.5) is 0 Å². The molecule has 3 heterocycles. The van der Waals surface area contributed by atoms with Gasteiger partial charge in [0.2, 0.25) is 0 Å². The van der Waals surface area contributed by atoms with Crippen LogP contribution < -0.4 is 0 Å². The number of aliphatic hydroxyl groups excluding tert-OH is 1. The molecule has 0 amide bonds. The van der Waals surface area contributed by atoms with Gasteiger partial charge < -0.3 is 9.84 Å². The van der Waals surface area contributed by atoms with Gasteiger partial charge in [0.1, 0.15) is 18.9 Å². The van der Waals surface area contributed by atoms with Crippen LogP contribution in [0, 0.1) is 23.2 Å². The van der Waals surface area contributed by atoms with Crippen LogP contribution in [-0.2, 0) is 26.3 Å². The zero-order valence-corrected chi connectivity index (χ0v) is 18.9. The SMILES string of the molecule is N#CC1CN(S(=O)(=O)N2CCC[C@H](C(O)N3CCC[C@@H]3C(=O)OCc3ccccc3)C2)C1. The first-order chi connectivity index (χ1) is 15.4. The van der Waals surface area contributed by atoms with E-state index in [1.54, 1.807) is 4.90 Å². The highest BCUT2D eigenvalue weighted by atomic mass is 32.2. The van der Waals surface area contributed by atoms with E-state index in [2.05, 4.69) is 6.07 Å². The summed E-state index contributed by atoms with van der Waals surface area (Å²) in [4.78, 5) is 14.5. The van der Waals surface area contributed by atoms with Crippen molar-refractivity contribution in [2.24, 2.45) is 11.8 Å². The van der Waals surface area contributed by atoms with Gasteiger partial charge in [-0.2, -0.15) is 22.3 Å². The second-order valence-electron chi connectivity index (χ2n) is 8.81. The van der Waals surface area contributed by atoms with Gasteiger partial charge in [0.05, 0.1) is 12.0 Å². The highest BCUT2D eigenvalue weighted by Crippen LogP contribution is 2.31. The van der Waals surface area contributed by atoms with Crippen LogP contribution in [0.3, 0.4) is 0 Å². The van der Waals surface area contributed by atoms with E-state index in [1.807, 2.05) is 30.3 Å². The van der Waals surface area contributed by atoms with E-state index in [4.69, 9.17) is 10.00 Å². The lowest BCUT2D eigenvalue weighted by Gasteiger charge is -2.42. The van der Waals surface area contributed by atoms with Gasteiger partial charge >= 0.3 is 5.97 Å². The number of hydrogen-bond acceptors (Lipinski definition) is 7. The fourth-order valence-corrected chi connectivity index (χ4v) is 6.56. The molecule has 0 saturated carbocycles. The zero-order valence-electron chi connectivity index (χ0n) is 18.0. The highest BCUT2D eigenvalue weighted by Gasteiger charge is 2.44. The Balaban J connectivity index is 1.35. The molecular formula is C22H30N4O5S. The summed E-state index contributed by atoms with van der Waals surface area (Å²) in [5.41, 5.74) is 0.906. The molecule has 1 unspecified atom stereocenters. The Morgan fingerprint density at radius 1 is 1.12 bits per heavy atom. The molecule has 1 aromatic carbocycles. The second-order valence-corrected chi connectivity index (χ2v) is 10.7. The quantitative estimate of drug-likeness (QED) is 0.600. The third kappa shape index (κ3) is 4.82. The first-order valence-electron chi connectivity index (χ1n) is 11.2. The van der Waals surface area contributed by atoms with Crippen LogP contribution in [0.15, 0.2) is 30.3 Å². The minimum Gasteiger partial charge on any atom is -0.460 e. The number of nitrogens with zero attached hydrogens (tertiary/aromatic N) is 4. The molecule has 3 atom stereocenters. The van der Waals surface area contributed by atoms with Crippen molar-refractivity contribution in [1.29, 1.82) is 5.26 Å². The summed E-state index contributed by atoms with van der Waals surface area (Å²) in [5, 5.41) is 20.0. The maximum atomic E-state index is 12.9. The average molecular weight is 463 g/mol. The molecule has 10 heteroatoms. The number of carbonyl (C=O) groups excluding carboxylic acids is 1. The molecule has 1 N–H and O–H groups in total. The lowest BCUT2D eigenvalue weighted by atomic mass is 9.96. The molecule has 3 aliphatic heterocycles. The third-order valence-electron chi connectivity index (χ3n) is 6.66. The molecule has 32 heavy (non-hydrogen) atoms. The Bertz CT molecular complexity index is 945. The van der Waals surface area contributed by atoms with E-state index in [0.717, 1.165) is 12.0 Å². The summed E-state index contributed by atoms with van der Waals surface area (Å²) in [5.74, 6) is -0.883. The summed E-state index contributed by atoms with van der Waals surface area (Å²) in [6, 6.07) is 11.0. The van der Waals surface area contributed by atoms with Crippen molar-refractivity contribution in [2.45, 2.75) is 44.6 Å². The second kappa shape index (κ2) is 9.85. The highest BCUT2D eigenvalue weighted by molar-refractivity contribution is 7.86. The minimum atomic E-state index is -3.63. The zero-order chi connectivity index (χ0) is 22.7.